The van der Waals surface area contributed by atoms with Crippen molar-refractivity contribution in [2.45, 2.75) is 18.5 Å². The molecule has 21 heavy (non-hydrogen) atoms. The van der Waals surface area contributed by atoms with Gasteiger partial charge in [0.25, 0.3) is 5.91 Å². The Balaban J connectivity index is 1.70. The van der Waals surface area contributed by atoms with Gasteiger partial charge in [-0.1, -0.05) is 12.1 Å². The van der Waals surface area contributed by atoms with Gasteiger partial charge in [-0.05, 0) is 31.1 Å². The molecule has 4 rings (SSSR count). The number of nitrogens with zero attached hydrogens (tertiary/aromatic N) is 3. The normalized spacial score (nSPS) is 25.0. The van der Waals surface area contributed by atoms with Gasteiger partial charge in [-0.2, -0.15) is 4.37 Å². The number of likely N-dealkylation sites (tertiary alicyclic amines) is 2. The number of hydrogen-bond acceptors (Lipinski definition) is 5. The predicted octanol–water partition coefficient (Wildman–Crippen LogP) is 1.83. The number of carbonyl (C=O) groups is 1. The Kier molecular flexibility index (Phi) is 2.90. The SMILES string of the molecule is COc1cccc2c(C(=O)N3CC4CC3CN4C)nsc12. The largest absolute Gasteiger partial charge is 0.495 e. The number of rotatable bonds is 2. The maximum Gasteiger partial charge on any atom is 0.274 e. The lowest BCUT2D eigenvalue weighted by Gasteiger charge is -2.31. The van der Waals surface area contributed by atoms with E-state index in [0.29, 0.717) is 17.8 Å². The second kappa shape index (κ2) is 4.68. The first kappa shape index (κ1) is 13.0. The molecule has 2 fully saturated rings. The molecule has 1 aromatic heterocycles. The summed E-state index contributed by atoms with van der Waals surface area (Å²) in [6, 6.07) is 6.63. The molecule has 6 heteroatoms. The van der Waals surface area contributed by atoms with Crippen molar-refractivity contribution in [1.82, 2.24) is 14.2 Å². The van der Waals surface area contributed by atoms with Crippen LogP contribution in [0, 0.1) is 0 Å². The minimum absolute atomic E-state index is 0.0649. The van der Waals surface area contributed by atoms with Gasteiger partial charge in [0.1, 0.15) is 11.4 Å². The van der Waals surface area contributed by atoms with Gasteiger partial charge in [-0.3, -0.25) is 9.69 Å². The van der Waals surface area contributed by atoms with Gasteiger partial charge in [0, 0.05) is 30.6 Å². The Morgan fingerprint density at radius 1 is 1.38 bits per heavy atom. The van der Waals surface area contributed by atoms with E-state index in [1.165, 1.54) is 11.5 Å². The topological polar surface area (TPSA) is 45.7 Å². The molecule has 2 unspecified atom stereocenters. The molecule has 0 spiro atoms. The number of aromatic nitrogens is 1. The van der Waals surface area contributed by atoms with Crippen molar-refractivity contribution in [2.24, 2.45) is 0 Å². The molecule has 110 valence electrons. The molecule has 0 aliphatic carbocycles. The molecular weight excluding hydrogens is 286 g/mol. The highest BCUT2D eigenvalue weighted by Gasteiger charge is 2.44. The second-order valence-corrected chi connectivity index (χ2v) is 6.58. The third-order valence-electron chi connectivity index (χ3n) is 4.66. The lowest BCUT2D eigenvalue weighted by molar-refractivity contribution is 0.0648. The fraction of sp³-hybridized carbons (Fsp3) is 0.467. The first-order valence-corrected chi connectivity index (χ1v) is 7.90. The maximum absolute atomic E-state index is 12.8. The van der Waals surface area contributed by atoms with Crippen LogP contribution in [0.5, 0.6) is 5.75 Å². The summed E-state index contributed by atoms with van der Waals surface area (Å²) in [5, 5.41) is 0.903. The fourth-order valence-corrected chi connectivity index (χ4v) is 4.37. The number of ether oxygens (including phenoxy) is 1. The van der Waals surface area contributed by atoms with E-state index in [1.54, 1.807) is 7.11 Å². The summed E-state index contributed by atoms with van der Waals surface area (Å²) < 4.78 is 10.7. The summed E-state index contributed by atoms with van der Waals surface area (Å²) in [4.78, 5) is 17.2. The number of hydrogen-bond donors (Lipinski definition) is 0. The van der Waals surface area contributed by atoms with Gasteiger partial charge in [-0.15, -0.1) is 0 Å². The van der Waals surface area contributed by atoms with Crippen LogP contribution in [0.25, 0.3) is 10.1 Å². The molecule has 2 aromatic rings. The quantitative estimate of drug-likeness (QED) is 0.849. The summed E-state index contributed by atoms with van der Waals surface area (Å²) in [7, 11) is 3.78. The maximum atomic E-state index is 12.8. The lowest BCUT2D eigenvalue weighted by atomic mass is 10.2. The molecule has 3 heterocycles. The lowest BCUT2D eigenvalue weighted by Crippen LogP contribution is -2.47. The number of carbonyl (C=O) groups excluding carboxylic acids is 1. The van der Waals surface area contributed by atoms with Gasteiger partial charge in [0.2, 0.25) is 0 Å². The molecule has 2 atom stereocenters. The third kappa shape index (κ3) is 1.86. The van der Waals surface area contributed by atoms with Crippen LogP contribution in [0.3, 0.4) is 0 Å². The van der Waals surface area contributed by atoms with E-state index in [9.17, 15) is 4.79 Å². The Hall–Kier alpha value is -1.66. The number of fused-ring (bicyclic) bond motifs is 3. The Bertz CT molecular complexity index is 712. The number of likely N-dealkylation sites (N-methyl/N-ethyl adjacent to an activating group) is 1. The zero-order valence-electron chi connectivity index (χ0n) is 12.1. The van der Waals surface area contributed by atoms with Crippen LogP contribution < -0.4 is 4.74 Å². The second-order valence-electron chi connectivity index (χ2n) is 5.81. The fourth-order valence-electron chi connectivity index (χ4n) is 3.50. The molecule has 1 aromatic carbocycles. The van der Waals surface area contributed by atoms with E-state index in [0.717, 1.165) is 35.3 Å². The highest BCUT2D eigenvalue weighted by atomic mass is 32.1. The van der Waals surface area contributed by atoms with Crippen LogP contribution in [0.1, 0.15) is 16.9 Å². The van der Waals surface area contributed by atoms with Crippen LogP contribution in [0.15, 0.2) is 18.2 Å². The standard InChI is InChI=1S/C15H17N3O2S/c1-17-7-10-6-9(17)8-18(10)15(19)13-11-4-3-5-12(20-2)14(11)21-16-13/h3-5,9-10H,6-8H2,1-2H3. The van der Waals surface area contributed by atoms with Gasteiger partial charge < -0.3 is 9.64 Å². The van der Waals surface area contributed by atoms with Crippen molar-refractivity contribution in [3.63, 3.8) is 0 Å². The monoisotopic (exact) mass is 303 g/mol. The van der Waals surface area contributed by atoms with Crippen LogP contribution in [-0.4, -0.2) is 59.4 Å². The van der Waals surface area contributed by atoms with Gasteiger partial charge in [0.15, 0.2) is 0 Å². The van der Waals surface area contributed by atoms with Crippen LogP contribution in [0.2, 0.25) is 0 Å². The van der Waals surface area contributed by atoms with Crippen molar-refractivity contribution >= 4 is 27.5 Å². The highest BCUT2D eigenvalue weighted by Crippen LogP contribution is 2.35. The van der Waals surface area contributed by atoms with E-state index in [1.807, 2.05) is 23.1 Å². The number of amides is 1. The van der Waals surface area contributed by atoms with Crippen LogP contribution in [-0.2, 0) is 0 Å². The molecule has 5 nitrogen and oxygen atoms in total. The average molecular weight is 303 g/mol. The summed E-state index contributed by atoms with van der Waals surface area (Å²) >= 11 is 1.34. The van der Waals surface area contributed by atoms with Crippen molar-refractivity contribution in [3.05, 3.63) is 23.9 Å². The average Bonchev–Trinajstić information content (AvgIpc) is 3.18. The van der Waals surface area contributed by atoms with Crippen LogP contribution >= 0.6 is 11.5 Å². The molecule has 0 N–H and O–H groups in total. The van der Waals surface area contributed by atoms with Gasteiger partial charge in [0.05, 0.1) is 11.8 Å². The zero-order chi connectivity index (χ0) is 14.6. The first-order valence-electron chi connectivity index (χ1n) is 7.12. The number of piperazine rings is 1. The first-order chi connectivity index (χ1) is 10.2. The zero-order valence-corrected chi connectivity index (χ0v) is 12.9. The van der Waals surface area contributed by atoms with E-state index in [2.05, 4.69) is 16.3 Å². The van der Waals surface area contributed by atoms with E-state index < -0.39 is 0 Å². The van der Waals surface area contributed by atoms with Crippen molar-refractivity contribution in [2.75, 3.05) is 27.2 Å². The highest BCUT2D eigenvalue weighted by molar-refractivity contribution is 7.14. The summed E-state index contributed by atoms with van der Waals surface area (Å²) in [5.74, 6) is 0.849. The minimum atomic E-state index is 0.0649. The Morgan fingerprint density at radius 3 is 2.90 bits per heavy atom. The molecular formula is C15H17N3O2S. The third-order valence-corrected chi connectivity index (χ3v) is 5.54. The molecule has 2 aliphatic heterocycles. The Labute approximate surface area is 127 Å². The van der Waals surface area contributed by atoms with E-state index in [-0.39, 0.29) is 5.91 Å². The van der Waals surface area contributed by atoms with E-state index >= 15 is 0 Å². The smallest absolute Gasteiger partial charge is 0.274 e. The number of methoxy groups -OCH3 is 1. The summed E-state index contributed by atoms with van der Waals surface area (Å²) in [6.07, 6.45) is 1.09. The van der Waals surface area contributed by atoms with Crippen molar-refractivity contribution in [1.29, 1.82) is 0 Å². The summed E-state index contributed by atoms with van der Waals surface area (Å²) in [5.41, 5.74) is 0.573. The predicted molar refractivity (Wildman–Crippen MR) is 82.0 cm³/mol. The van der Waals surface area contributed by atoms with Crippen molar-refractivity contribution < 1.29 is 9.53 Å². The molecule has 0 radical (unpaired) electrons. The molecule has 1 amide bonds. The molecule has 2 bridgehead atoms. The van der Waals surface area contributed by atoms with Crippen LogP contribution in [0.4, 0.5) is 0 Å². The Morgan fingerprint density at radius 2 is 2.24 bits per heavy atom. The molecule has 2 aliphatic rings. The van der Waals surface area contributed by atoms with Crippen molar-refractivity contribution in [3.8, 4) is 5.75 Å². The minimum Gasteiger partial charge on any atom is -0.495 e. The summed E-state index contributed by atoms with van der Waals surface area (Å²) in [6.45, 7) is 1.80. The molecule has 0 saturated carbocycles. The van der Waals surface area contributed by atoms with Gasteiger partial charge in [-0.25, -0.2) is 0 Å². The molecule has 2 saturated heterocycles. The van der Waals surface area contributed by atoms with E-state index in [4.69, 9.17) is 4.74 Å². The number of benzene rings is 1. The van der Waals surface area contributed by atoms with Gasteiger partial charge >= 0.3 is 0 Å².